The Labute approximate surface area is 206 Å². The maximum atomic E-state index is 12.4. The van der Waals surface area contributed by atoms with Gasteiger partial charge < -0.3 is 9.64 Å². The van der Waals surface area contributed by atoms with E-state index in [1.807, 2.05) is 24.8 Å². The van der Waals surface area contributed by atoms with Gasteiger partial charge in [-0.2, -0.15) is 5.10 Å². The van der Waals surface area contributed by atoms with Crippen molar-refractivity contribution in [3.05, 3.63) is 59.2 Å². The van der Waals surface area contributed by atoms with Crippen molar-refractivity contribution in [2.45, 2.75) is 33.1 Å². The molecular weight excluding hydrogens is 468 g/mol. The van der Waals surface area contributed by atoms with Gasteiger partial charge in [-0.1, -0.05) is 12.1 Å². The Bertz CT molecular complexity index is 1170. The Kier molecular flexibility index (Phi) is 8.86. The predicted molar refractivity (Wildman–Crippen MR) is 136 cm³/mol. The number of hydrogen-bond acceptors (Lipinski definition) is 6. The Morgan fingerprint density at radius 3 is 2.43 bits per heavy atom. The van der Waals surface area contributed by atoms with Crippen LogP contribution in [0, 0.1) is 13.8 Å². The summed E-state index contributed by atoms with van der Waals surface area (Å²) in [5.74, 6) is -0.0142. The number of anilines is 1. The normalized spacial score (nSPS) is 14.1. The summed E-state index contributed by atoms with van der Waals surface area (Å²) < 4.78 is 31.3. The van der Waals surface area contributed by atoms with Gasteiger partial charge in [0.1, 0.15) is 12.3 Å². The van der Waals surface area contributed by atoms with E-state index < -0.39 is 22.5 Å². The number of likely N-dealkylation sites (tertiary alicyclic amines) is 1. The van der Waals surface area contributed by atoms with E-state index in [9.17, 15) is 18.0 Å². The molecule has 188 valence electrons. The lowest BCUT2D eigenvalue weighted by molar-refractivity contribution is -0.134. The first kappa shape index (κ1) is 26.2. The van der Waals surface area contributed by atoms with Gasteiger partial charge in [0.2, 0.25) is 10.0 Å². The first-order valence-electron chi connectivity index (χ1n) is 11.5. The van der Waals surface area contributed by atoms with Crippen LogP contribution in [0.5, 0.6) is 5.75 Å². The van der Waals surface area contributed by atoms with E-state index >= 15 is 0 Å². The van der Waals surface area contributed by atoms with E-state index in [0.717, 1.165) is 54.0 Å². The van der Waals surface area contributed by atoms with Crippen LogP contribution in [-0.2, 0) is 19.6 Å². The lowest BCUT2D eigenvalue weighted by Gasteiger charge is -2.26. The fourth-order valence-corrected chi connectivity index (χ4v) is 4.67. The lowest BCUT2D eigenvalue weighted by atomic mass is 10.1. The van der Waals surface area contributed by atoms with Gasteiger partial charge in [0.15, 0.2) is 6.61 Å². The third kappa shape index (κ3) is 7.54. The molecule has 0 aliphatic carbocycles. The molecule has 35 heavy (non-hydrogen) atoms. The highest BCUT2D eigenvalue weighted by Gasteiger charge is 2.22. The summed E-state index contributed by atoms with van der Waals surface area (Å²) in [4.78, 5) is 26.4. The number of amides is 2. The van der Waals surface area contributed by atoms with Gasteiger partial charge in [0, 0.05) is 13.1 Å². The summed E-state index contributed by atoms with van der Waals surface area (Å²) in [5.41, 5.74) is 5.25. The van der Waals surface area contributed by atoms with E-state index in [4.69, 9.17) is 4.74 Å². The molecule has 0 aromatic heterocycles. The monoisotopic (exact) mass is 500 g/mol. The minimum absolute atomic E-state index is 0.000737. The first-order chi connectivity index (χ1) is 16.6. The maximum Gasteiger partial charge on any atom is 0.260 e. The molecule has 0 unspecified atom stereocenters. The topological polar surface area (TPSA) is 108 Å². The van der Waals surface area contributed by atoms with Crippen molar-refractivity contribution in [1.82, 2.24) is 10.3 Å². The number of nitrogens with zero attached hydrogens (tertiary/aromatic N) is 3. The van der Waals surface area contributed by atoms with Crippen LogP contribution in [0.15, 0.2) is 47.6 Å². The minimum atomic E-state index is -3.67. The van der Waals surface area contributed by atoms with Gasteiger partial charge in [-0.15, -0.1) is 0 Å². The Morgan fingerprint density at radius 2 is 1.77 bits per heavy atom. The molecule has 3 rings (SSSR count). The highest BCUT2D eigenvalue weighted by Crippen LogP contribution is 2.24. The van der Waals surface area contributed by atoms with Crippen LogP contribution in [0.4, 0.5) is 5.69 Å². The number of carbonyl (C=O) groups is 2. The van der Waals surface area contributed by atoms with Gasteiger partial charge in [-0.3, -0.25) is 13.9 Å². The molecule has 1 N–H and O–H groups in total. The van der Waals surface area contributed by atoms with Crippen molar-refractivity contribution in [3.8, 4) is 5.75 Å². The van der Waals surface area contributed by atoms with Gasteiger partial charge in [-0.05, 0) is 80.1 Å². The fraction of sp³-hybridized carbons (Fsp3) is 0.400. The minimum Gasteiger partial charge on any atom is -0.484 e. The zero-order chi connectivity index (χ0) is 25.4. The highest BCUT2D eigenvalue weighted by molar-refractivity contribution is 7.92. The van der Waals surface area contributed by atoms with Crippen LogP contribution in [0.3, 0.4) is 0 Å². The number of hydrazone groups is 1. The van der Waals surface area contributed by atoms with Crippen molar-refractivity contribution in [2.75, 3.05) is 36.8 Å². The van der Waals surface area contributed by atoms with E-state index in [1.165, 1.54) is 6.21 Å². The summed E-state index contributed by atoms with van der Waals surface area (Å²) >= 11 is 0. The van der Waals surface area contributed by atoms with E-state index in [1.54, 1.807) is 36.4 Å². The summed E-state index contributed by atoms with van der Waals surface area (Å²) in [6.07, 6.45) is 5.75. The van der Waals surface area contributed by atoms with Gasteiger partial charge >= 0.3 is 0 Å². The predicted octanol–water partition coefficient (Wildman–Crippen LogP) is 2.61. The van der Waals surface area contributed by atoms with E-state index in [-0.39, 0.29) is 12.5 Å². The summed E-state index contributed by atoms with van der Waals surface area (Å²) in [5, 5.41) is 3.93. The smallest absolute Gasteiger partial charge is 0.260 e. The van der Waals surface area contributed by atoms with Crippen LogP contribution < -0.4 is 14.5 Å². The van der Waals surface area contributed by atoms with Crippen molar-refractivity contribution >= 4 is 33.7 Å². The summed E-state index contributed by atoms with van der Waals surface area (Å²) in [6, 6.07) is 12.2. The molecule has 0 saturated carbocycles. The number of nitrogens with one attached hydrogen (secondary N) is 1. The zero-order valence-electron chi connectivity index (χ0n) is 20.4. The second-order valence-electron chi connectivity index (χ2n) is 8.58. The van der Waals surface area contributed by atoms with Gasteiger partial charge in [0.25, 0.3) is 11.8 Å². The van der Waals surface area contributed by atoms with Crippen molar-refractivity contribution in [3.63, 3.8) is 0 Å². The number of carbonyl (C=O) groups excluding carboxylic acids is 2. The molecule has 1 aliphatic rings. The Morgan fingerprint density at radius 1 is 1.09 bits per heavy atom. The quantitative estimate of drug-likeness (QED) is 0.421. The van der Waals surface area contributed by atoms with Crippen LogP contribution in [0.2, 0.25) is 0 Å². The Hall–Kier alpha value is -3.40. The molecular formula is C25H32N4O5S. The van der Waals surface area contributed by atoms with Crippen molar-refractivity contribution in [2.24, 2.45) is 5.10 Å². The molecule has 10 heteroatoms. The average molecular weight is 501 g/mol. The fourth-order valence-electron chi connectivity index (χ4n) is 3.76. The second-order valence-corrected chi connectivity index (χ2v) is 10.5. The lowest BCUT2D eigenvalue weighted by Crippen LogP contribution is -2.39. The summed E-state index contributed by atoms with van der Waals surface area (Å²) in [7, 11) is -3.67. The van der Waals surface area contributed by atoms with Crippen molar-refractivity contribution < 1.29 is 22.7 Å². The molecule has 0 atom stereocenters. The standard InChI is InChI=1S/C25H32N4O5S/c1-19-8-7-9-23(20(19)2)29(35(3,32)33)17-24(30)27-26-16-21-10-12-22(13-11-21)34-18-25(31)28-14-5-4-6-15-28/h7-13,16H,4-6,14-15,17-18H2,1-3H3,(H,27,30)/b26-16-. The molecule has 1 aliphatic heterocycles. The number of aryl methyl sites for hydroxylation is 1. The SMILES string of the molecule is Cc1cccc(N(CC(=O)N/N=C\c2ccc(OCC(=O)N3CCCCC3)cc2)S(C)(=O)=O)c1C. The third-order valence-corrected chi connectivity index (χ3v) is 7.01. The number of hydrogen-bond donors (Lipinski definition) is 1. The largest absolute Gasteiger partial charge is 0.484 e. The molecule has 0 spiro atoms. The molecule has 9 nitrogen and oxygen atoms in total. The number of ether oxygens (including phenoxy) is 1. The van der Waals surface area contributed by atoms with Crippen LogP contribution >= 0.6 is 0 Å². The molecule has 1 fully saturated rings. The number of benzene rings is 2. The van der Waals surface area contributed by atoms with Crippen LogP contribution in [0.1, 0.15) is 36.0 Å². The van der Waals surface area contributed by atoms with Crippen LogP contribution in [-0.4, -0.2) is 63.8 Å². The maximum absolute atomic E-state index is 12.4. The van der Waals surface area contributed by atoms with Crippen LogP contribution in [0.25, 0.3) is 0 Å². The van der Waals surface area contributed by atoms with E-state index in [0.29, 0.717) is 17.0 Å². The first-order valence-corrected chi connectivity index (χ1v) is 13.4. The number of rotatable bonds is 9. The number of piperidine rings is 1. The molecule has 2 aromatic rings. The van der Waals surface area contributed by atoms with Gasteiger partial charge in [0.05, 0.1) is 18.2 Å². The molecule has 1 saturated heterocycles. The van der Waals surface area contributed by atoms with Crippen molar-refractivity contribution in [1.29, 1.82) is 0 Å². The number of sulfonamides is 1. The summed E-state index contributed by atoms with van der Waals surface area (Å²) in [6.45, 7) is 4.88. The average Bonchev–Trinajstić information content (AvgIpc) is 2.83. The Balaban J connectivity index is 1.53. The molecule has 0 bridgehead atoms. The van der Waals surface area contributed by atoms with E-state index in [2.05, 4.69) is 10.5 Å². The molecule has 0 radical (unpaired) electrons. The second kappa shape index (κ2) is 11.8. The third-order valence-electron chi connectivity index (χ3n) is 5.89. The molecule has 1 heterocycles. The molecule has 2 amide bonds. The molecule has 2 aromatic carbocycles. The van der Waals surface area contributed by atoms with Gasteiger partial charge in [-0.25, -0.2) is 13.8 Å². The highest BCUT2D eigenvalue weighted by atomic mass is 32.2. The zero-order valence-corrected chi connectivity index (χ0v) is 21.2.